The van der Waals surface area contributed by atoms with Crippen molar-refractivity contribution >= 4 is 34.8 Å². The number of nitrogens with one attached hydrogen (secondary N) is 1. The number of carbonyl (C=O) groups is 1. The van der Waals surface area contributed by atoms with Crippen LogP contribution < -0.4 is 10.1 Å². The summed E-state index contributed by atoms with van der Waals surface area (Å²) in [7, 11) is 1.47. The van der Waals surface area contributed by atoms with Gasteiger partial charge in [-0.3, -0.25) is 10.1 Å². The van der Waals surface area contributed by atoms with Crippen molar-refractivity contribution in [3.05, 3.63) is 33.1 Å². The fourth-order valence-electron chi connectivity index (χ4n) is 1.32. The fraction of sp³-hybridized carbons (Fsp3) is 0.182. The van der Waals surface area contributed by atoms with Crippen molar-refractivity contribution < 1.29 is 9.53 Å². The number of ether oxygens (including phenoxy) is 1. The van der Waals surface area contributed by atoms with E-state index in [9.17, 15) is 4.79 Å². The van der Waals surface area contributed by atoms with Gasteiger partial charge in [0.15, 0.2) is 0 Å². The van der Waals surface area contributed by atoms with Crippen molar-refractivity contribution in [3.8, 4) is 5.88 Å². The van der Waals surface area contributed by atoms with Crippen LogP contribution in [0.25, 0.3) is 0 Å². The average molecular weight is 284 g/mol. The monoisotopic (exact) mass is 283 g/mol. The van der Waals surface area contributed by atoms with Crippen LogP contribution >= 0.6 is 22.9 Å². The molecule has 0 saturated heterocycles. The molecule has 0 aromatic carbocycles. The van der Waals surface area contributed by atoms with Crippen LogP contribution in [0.5, 0.6) is 5.88 Å². The number of aromatic nitrogens is 2. The van der Waals surface area contributed by atoms with Gasteiger partial charge in [0.05, 0.1) is 12.0 Å². The third kappa shape index (κ3) is 2.77. The molecule has 0 bridgehead atoms. The molecule has 0 saturated carbocycles. The molecule has 0 radical (unpaired) electrons. The highest BCUT2D eigenvalue weighted by Gasteiger charge is 2.13. The average Bonchev–Trinajstić information content (AvgIpc) is 2.74. The summed E-state index contributed by atoms with van der Waals surface area (Å²) in [6.45, 7) is 1.87. The summed E-state index contributed by atoms with van der Waals surface area (Å²) in [4.78, 5) is 20.5. The maximum absolute atomic E-state index is 11.9. The Morgan fingerprint density at radius 2 is 2.28 bits per heavy atom. The predicted molar refractivity (Wildman–Crippen MR) is 70.6 cm³/mol. The summed E-state index contributed by atoms with van der Waals surface area (Å²) >= 11 is 7.15. The summed E-state index contributed by atoms with van der Waals surface area (Å²) in [6.07, 6.45) is 0. The quantitative estimate of drug-likeness (QED) is 0.880. The smallest absolute Gasteiger partial charge is 0.268 e. The second-order valence-electron chi connectivity index (χ2n) is 3.44. The molecule has 0 aliphatic heterocycles. The lowest BCUT2D eigenvalue weighted by Gasteiger charge is -2.05. The van der Waals surface area contributed by atoms with Crippen LogP contribution in [-0.4, -0.2) is 23.0 Å². The molecule has 0 aliphatic carbocycles. The van der Waals surface area contributed by atoms with E-state index in [0.29, 0.717) is 10.8 Å². The Balaban J connectivity index is 2.22. The lowest BCUT2D eigenvalue weighted by atomic mass is 10.3. The highest BCUT2D eigenvalue weighted by atomic mass is 35.5. The highest BCUT2D eigenvalue weighted by Crippen LogP contribution is 2.19. The molecule has 0 fully saturated rings. The molecule has 18 heavy (non-hydrogen) atoms. The first-order chi connectivity index (χ1) is 8.60. The lowest BCUT2D eigenvalue weighted by molar-refractivity contribution is 0.102. The summed E-state index contributed by atoms with van der Waals surface area (Å²) < 4.78 is 4.95. The van der Waals surface area contributed by atoms with Crippen LogP contribution in [0.4, 0.5) is 5.95 Å². The molecular formula is C11H10ClN3O2S. The minimum atomic E-state index is -0.258. The van der Waals surface area contributed by atoms with Crippen LogP contribution in [0.2, 0.25) is 5.15 Å². The molecule has 1 amide bonds. The zero-order chi connectivity index (χ0) is 13.1. The largest absolute Gasteiger partial charge is 0.481 e. The van der Waals surface area contributed by atoms with Gasteiger partial charge in [-0.05, 0) is 23.9 Å². The molecule has 0 atom stereocenters. The van der Waals surface area contributed by atoms with E-state index in [-0.39, 0.29) is 17.0 Å². The van der Waals surface area contributed by atoms with E-state index in [2.05, 4.69) is 15.3 Å². The second-order valence-corrected chi connectivity index (χ2v) is 4.75. The van der Waals surface area contributed by atoms with Crippen molar-refractivity contribution in [1.82, 2.24) is 9.97 Å². The van der Waals surface area contributed by atoms with Gasteiger partial charge in [-0.2, -0.15) is 4.98 Å². The van der Waals surface area contributed by atoms with E-state index < -0.39 is 0 Å². The summed E-state index contributed by atoms with van der Waals surface area (Å²) in [5.74, 6) is 0.164. The van der Waals surface area contributed by atoms with E-state index >= 15 is 0 Å². The molecule has 1 N–H and O–H groups in total. The van der Waals surface area contributed by atoms with Gasteiger partial charge in [-0.15, -0.1) is 11.3 Å². The molecule has 0 unspecified atom stereocenters. The molecule has 0 spiro atoms. The van der Waals surface area contributed by atoms with Crippen molar-refractivity contribution in [2.45, 2.75) is 6.92 Å². The molecule has 2 heterocycles. The summed E-state index contributed by atoms with van der Waals surface area (Å²) in [5.41, 5.74) is 0.909. The van der Waals surface area contributed by atoms with Crippen LogP contribution in [0, 0.1) is 6.92 Å². The lowest BCUT2D eigenvalue weighted by Crippen LogP contribution is -2.14. The maximum atomic E-state index is 11.9. The highest BCUT2D eigenvalue weighted by molar-refractivity contribution is 7.12. The number of amides is 1. The molecular weight excluding hydrogens is 274 g/mol. The maximum Gasteiger partial charge on any atom is 0.268 e. The van der Waals surface area contributed by atoms with Crippen molar-refractivity contribution in [1.29, 1.82) is 0 Å². The Hall–Kier alpha value is -1.66. The van der Waals surface area contributed by atoms with Gasteiger partial charge in [0.25, 0.3) is 5.91 Å². The minimum absolute atomic E-state index is 0.122. The SMILES string of the molecule is COc1cc(Cl)nc(NC(=O)c2sccc2C)n1. The third-order valence-electron chi connectivity index (χ3n) is 2.17. The number of hydrogen-bond donors (Lipinski definition) is 1. The molecule has 2 aromatic heterocycles. The summed E-state index contributed by atoms with van der Waals surface area (Å²) in [5, 5.41) is 4.64. The minimum Gasteiger partial charge on any atom is -0.481 e. The van der Waals surface area contributed by atoms with Crippen molar-refractivity contribution in [2.24, 2.45) is 0 Å². The van der Waals surface area contributed by atoms with Crippen molar-refractivity contribution in [3.63, 3.8) is 0 Å². The molecule has 7 heteroatoms. The Labute approximate surface area is 113 Å². The van der Waals surface area contributed by atoms with Crippen LogP contribution in [0.15, 0.2) is 17.5 Å². The second kappa shape index (κ2) is 5.32. The van der Waals surface area contributed by atoms with E-state index in [4.69, 9.17) is 16.3 Å². The molecule has 0 aliphatic rings. The van der Waals surface area contributed by atoms with E-state index in [0.717, 1.165) is 5.56 Å². The standard InChI is InChI=1S/C11H10ClN3O2S/c1-6-3-4-18-9(6)10(16)15-11-13-7(12)5-8(14-11)17-2/h3-5H,1-2H3,(H,13,14,15,16). The Kier molecular flexibility index (Phi) is 3.78. The number of anilines is 1. The van der Waals surface area contributed by atoms with Gasteiger partial charge < -0.3 is 4.74 Å². The Bertz CT molecular complexity index is 585. The fourth-order valence-corrected chi connectivity index (χ4v) is 2.31. The number of thiophene rings is 1. The van der Waals surface area contributed by atoms with E-state index in [1.807, 2.05) is 18.4 Å². The van der Waals surface area contributed by atoms with Gasteiger partial charge in [-0.25, -0.2) is 4.98 Å². The number of hydrogen-bond acceptors (Lipinski definition) is 5. The van der Waals surface area contributed by atoms with E-state index in [1.165, 1.54) is 24.5 Å². The Morgan fingerprint density at radius 3 is 2.89 bits per heavy atom. The zero-order valence-electron chi connectivity index (χ0n) is 9.73. The summed E-state index contributed by atoms with van der Waals surface area (Å²) in [6, 6.07) is 3.34. The first-order valence-electron chi connectivity index (χ1n) is 5.04. The number of halogens is 1. The molecule has 2 rings (SSSR count). The van der Waals surface area contributed by atoms with Gasteiger partial charge in [0.1, 0.15) is 5.15 Å². The normalized spacial score (nSPS) is 10.2. The van der Waals surface area contributed by atoms with Gasteiger partial charge in [0, 0.05) is 6.07 Å². The van der Waals surface area contributed by atoms with Gasteiger partial charge in [-0.1, -0.05) is 11.6 Å². The van der Waals surface area contributed by atoms with Crippen LogP contribution in [-0.2, 0) is 0 Å². The molecule has 2 aromatic rings. The molecule has 5 nitrogen and oxygen atoms in total. The first-order valence-corrected chi connectivity index (χ1v) is 6.30. The van der Waals surface area contributed by atoms with Crippen LogP contribution in [0.1, 0.15) is 15.2 Å². The topological polar surface area (TPSA) is 64.1 Å². The predicted octanol–water partition coefficient (Wildman–Crippen LogP) is 2.76. The van der Waals surface area contributed by atoms with Crippen molar-refractivity contribution in [2.75, 3.05) is 12.4 Å². The van der Waals surface area contributed by atoms with Gasteiger partial charge in [0.2, 0.25) is 11.8 Å². The third-order valence-corrected chi connectivity index (χ3v) is 3.38. The van der Waals surface area contributed by atoms with E-state index in [1.54, 1.807) is 0 Å². The number of rotatable bonds is 3. The number of methoxy groups -OCH3 is 1. The Morgan fingerprint density at radius 1 is 1.50 bits per heavy atom. The molecule has 94 valence electrons. The van der Waals surface area contributed by atoms with Crippen LogP contribution in [0.3, 0.4) is 0 Å². The number of carbonyl (C=O) groups excluding carboxylic acids is 1. The number of nitrogens with zero attached hydrogens (tertiary/aromatic N) is 2. The zero-order valence-corrected chi connectivity index (χ0v) is 11.3. The van der Waals surface area contributed by atoms with Gasteiger partial charge >= 0.3 is 0 Å². The number of aryl methyl sites for hydroxylation is 1. The first kappa shape index (κ1) is 12.8.